The molecule has 0 saturated carbocycles. The third-order valence-electron chi connectivity index (χ3n) is 2.98. The van der Waals surface area contributed by atoms with Crippen LogP contribution in [0.5, 0.6) is 0 Å². The van der Waals surface area contributed by atoms with Gasteiger partial charge in [0.1, 0.15) is 5.69 Å². The minimum atomic E-state index is 0.378. The van der Waals surface area contributed by atoms with E-state index in [9.17, 15) is 4.79 Å². The Kier molecular flexibility index (Phi) is 2.96. The van der Waals surface area contributed by atoms with Gasteiger partial charge in [-0.1, -0.05) is 6.92 Å². The standard InChI is InChI=1S/C11H15N3OS/c1-4-8(2)13(3)10-9(7-15)14-5-6-16-11(14)12-10/h5-8H,4H2,1-3H3. The van der Waals surface area contributed by atoms with E-state index in [2.05, 4.69) is 23.7 Å². The van der Waals surface area contributed by atoms with Gasteiger partial charge in [0.2, 0.25) is 0 Å². The van der Waals surface area contributed by atoms with Crippen LogP contribution >= 0.6 is 11.3 Å². The Morgan fingerprint density at radius 1 is 1.69 bits per heavy atom. The van der Waals surface area contributed by atoms with E-state index in [0.717, 1.165) is 23.5 Å². The Balaban J connectivity index is 2.50. The summed E-state index contributed by atoms with van der Waals surface area (Å²) in [5, 5.41) is 1.93. The fourth-order valence-corrected chi connectivity index (χ4v) is 2.36. The molecule has 0 fully saturated rings. The number of anilines is 1. The number of rotatable bonds is 4. The molecule has 1 unspecified atom stereocenters. The van der Waals surface area contributed by atoms with E-state index < -0.39 is 0 Å². The molecule has 0 aromatic carbocycles. The summed E-state index contributed by atoms with van der Waals surface area (Å²) in [6, 6.07) is 0.378. The largest absolute Gasteiger partial charge is 0.355 e. The van der Waals surface area contributed by atoms with Crippen molar-refractivity contribution in [2.24, 2.45) is 0 Å². The maximum atomic E-state index is 11.1. The molecule has 0 N–H and O–H groups in total. The van der Waals surface area contributed by atoms with Crippen molar-refractivity contribution in [3.05, 3.63) is 17.3 Å². The lowest BCUT2D eigenvalue weighted by Crippen LogP contribution is -2.29. The van der Waals surface area contributed by atoms with Crippen LogP contribution in [0, 0.1) is 0 Å². The molecule has 2 rings (SSSR count). The molecule has 0 spiro atoms. The highest BCUT2D eigenvalue weighted by Crippen LogP contribution is 2.24. The van der Waals surface area contributed by atoms with E-state index in [1.807, 2.05) is 23.0 Å². The van der Waals surface area contributed by atoms with Crippen molar-refractivity contribution in [2.75, 3.05) is 11.9 Å². The molecular formula is C11H15N3OS. The van der Waals surface area contributed by atoms with Gasteiger partial charge < -0.3 is 4.90 Å². The highest BCUT2D eigenvalue weighted by atomic mass is 32.1. The van der Waals surface area contributed by atoms with Gasteiger partial charge in [-0.15, -0.1) is 11.3 Å². The zero-order chi connectivity index (χ0) is 11.7. The van der Waals surface area contributed by atoms with Crippen LogP contribution in [0.25, 0.3) is 4.96 Å². The SMILES string of the molecule is CCC(C)N(C)c1nc2sccn2c1C=O. The summed E-state index contributed by atoms with van der Waals surface area (Å²) in [4.78, 5) is 18.5. The van der Waals surface area contributed by atoms with Crippen LogP contribution in [0.4, 0.5) is 5.82 Å². The summed E-state index contributed by atoms with van der Waals surface area (Å²) in [6.45, 7) is 4.25. The monoisotopic (exact) mass is 237 g/mol. The molecule has 2 aromatic rings. The number of fused-ring (bicyclic) bond motifs is 1. The van der Waals surface area contributed by atoms with Crippen molar-refractivity contribution < 1.29 is 4.79 Å². The molecule has 2 heterocycles. The second-order valence-corrected chi connectivity index (χ2v) is 4.74. The number of aldehydes is 1. The minimum absolute atomic E-state index is 0.378. The van der Waals surface area contributed by atoms with E-state index in [-0.39, 0.29) is 0 Å². The van der Waals surface area contributed by atoms with Crippen LogP contribution in [0.3, 0.4) is 0 Å². The fraction of sp³-hybridized carbons (Fsp3) is 0.455. The van der Waals surface area contributed by atoms with Crippen LogP contribution in [-0.2, 0) is 0 Å². The van der Waals surface area contributed by atoms with Gasteiger partial charge in [0.05, 0.1) is 0 Å². The summed E-state index contributed by atoms with van der Waals surface area (Å²) in [7, 11) is 1.98. The van der Waals surface area contributed by atoms with Crippen molar-refractivity contribution in [3.63, 3.8) is 0 Å². The Hall–Kier alpha value is -1.36. The van der Waals surface area contributed by atoms with Crippen molar-refractivity contribution in [1.29, 1.82) is 0 Å². The molecule has 86 valence electrons. The molecule has 0 radical (unpaired) electrons. The quantitative estimate of drug-likeness (QED) is 0.766. The van der Waals surface area contributed by atoms with Gasteiger partial charge in [-0.3, -0.25) is 9.20 Å². The first-order chi connectivity index (χ1) is 7.69. The highest BCUT2D eigenvalue weighted by Gasteiger charge is 2.18. The zero-order valence-corrected chi connectivity index (χ0v) is 10.5. The lowest BCUT2D eigenvalue weighted by atomic mass is 10.2. The van der Waals surface area contributed by atoms with E-state index >= 15 is 0 Å². The van der Waals surface area contributed by atoms with E-state index in [1.54, 1.807) is 11.3 Å². The number of hydrogen-bond acceptors (Lipinski definition) is 4. The number of aromatic nitrogens is 2. The predicted molar refractivity (Wildman–Crippen MR) is 66.6 cm³/mol. The molecule has 0 amide bonds. The van der Waals surface area contributed by atoms with Gasteiger partial charge in [0.25, 0.3) is 0 Å². The Bertz CT molecular complexity index is 502. The molecular weight excluding hydrogens is 222 g/mol. The number of hydrogen-bond donors (Lipinski definition) is 0. The van der Waals surface area contributed by atoms with Crippen LogP contribution in [0.1, 0.15) is 30.8 Å². The maximum Gasteiger partial charge on any atom is 0.196 e. The predicted octanol–water partition coefficient (Wildman–Crippen LogP) is 2.44. The lowest BCUT2D eigenvalue weighted by Gasteiger charge is -2.23. The first-order valence-corrected chi connectivity index (χ1v) is 6.20. The van der Waals surface area contributed by atoms with Crippen molar-refractivity contribution in [1.82, 2.24) is 9.38 Å². The molecule has 4 nitrogen and oxygen atoms in total. The topological polar surface area (TPSA) is 37.6 Å². The average molecular weight is 237 g/mol. The Morgan fingerprint density at radius 2 is 2.44 bits per heavy atom. The molecule has 0 aliphatic carbocycles. The second kappa shape index (κ2) is 4.25. The average Bonchev–Trinajstić information content (AvgIpc) is 2.86. The van der Waals surface area contributed by atoms with Crippen LogP contribution in [-0.4, -0.2) is 28.8 Å². The van der Waals surface area contributed by atoms with Crippen molar-refractivity contribution in [2.45, 2.75) is 26.3 Å². The minimum Gasteiger partial charge on any atom is -0.355 e. The third kappa shape index (κ3) is 1.61. The Labute approximate surface area is 98.5 Å². The van der Waals surface area contributed by atoms with Gasteiger partial charge >= 0.3 is 0 Å². The van der Waals surface area contributed by atoms with E-state index in [1.165, 1.54) is 0 Å². The molecule has 1 atom stereocenters. The maximum absolute atomic E-state index is 11.1. The van der Waals surface area contributed by atoms with Gasteiger partial charge in [-0.2, -0.15) is 0 Å². The van der Waals surface area contributed by atoms with Crippen molar-refractivity contribution >= 4 is 28.4 Å². The van der Waals surface area contributed by atoms with Crippen molar-refractivity contribution in [3.8, 4) is 0 Å². The molecule has 0 bridgehead atoms. The van der Waals surface area contributed by atoms with Crippen LogP contribution < -0.4 is 4.90 Å². The van der Waals surface area contributed by atoms with Gasteiger partial charge in [-0.05, 0) is 13.3 Å². The van der Waals surface area contributed by atoms with E-state index in [4.69, 9.17) is 0 Å². The number of thiazole rings is 1. The second-order valence-electron chi connectivity index (χ2n) is 3.86. The van der Waals surface area contributed by atoms with Gasteiger partial charge in [0.15, 0.2) is 17.1 Å². The summed E-state index contributed by atoms with van der Waals surface area (Å²) < 4.78 is 1.84. The molecule has 0 saturated heterocycles. The summed E-state index contributed by atoms with van der Waals surface area (Å²) in [6.07, 6.45) is 3.78. The number of imidazole rings is 1. The molecule has 16 heavy (non-hydrogen) atoms. The van der Waals surface area contributed by atoms with Gasteiger partial charge in [0, 0.05) is 24.7 Å². The number of carbonyl (C=O) groups is 1. The van der Waals surface area contributed by atoms with Crippen LogP contribution in [0.2, 0.25) is 0 Å². The smallest absolute Gasteiger partial charge is 0.196 e. The third-order valence-corrected chi connectivity index (χ3v) is 3.73. The molecule has 5 heteroatoms. The first kappa shape index (κ1) is 11.1. The Morgan fingerprint density at radius 3 is 3.06 bits per heavy atom. The molecule has 0 aliphatic rings. The normalized spacial score (nSPS) is 12.9. The zero-order valence-electron chi connectivity index (χ0n) is 9.67. The first-order valence-electron chi connectivity index (χ1n) is 5.32. The van der Waals surface area contributed by atoms with Gasteiger partial charge in [-0.25, -0.2) is 4.98 Å². The summed E-state index contributed by atoms with van der Waals surface area (Å²) in [5.41, 5.74) is 0.638. The highest BCUT2D eigenvalue weighted by molar-refractivity contribution is 7.15. The number of carbonyl (C=O) groups excluding carboxylic acids is 1. The van der Waals surface area contributed by atoms with E-state index in [0.29, 0.717) is 11.7 Å². The number of nitrogens with zero attached hydrogens (tertiary/aromatic N) is 3. The summed E-state index contributed by atoms with van der Waals surface area (Å²) >= 11 is 1.54. The lowest BCUT2D eigenvalue weighted by molar-refractivity contribution is 0.111. The van der Waals surface area contributed by atoms with Crippen LogP contribution in [0.15, 0.2) is 11.6 Å². The molecule has 2 aromatic heterocycles. The summed E-state index contributed by atoms with van der Waals surface area (Å²) in [5.74, 6) is 0.774. The fourth-order valence-electron chi connectivity index (χ4n) is 1.64. The molecule has 0 aliphatic heterocycles.